The predicted octanol–water partition coefficient (Wildman–Crippen LogP) is 1.77. The van der Waals surface area contributed by atoms with Crippen LogP contribution in [0.4, 0.5) is 23.0 Å². The molecule has 0 saturated heterocycles. The van der Waals surface area contributed by atoms with Gasteiger partial charge in [0, 0.05) is 34.8 Å². The fraction of sp³-hybridized carbons (Fsp3) is 0.217. The van der Waals surface area contributed by atoms with Crippen molar-refractivity contribution in [1.29, 1.82) is 5.26 Å². The highest BCUT2D eigenvalue weighted by molar-refractivity contribution is 7.94. The molecular formula is C23H24N6O15S5. The number of nitrogens with one attached hydrogen (secondary N) is 2. The quantitative estimate of drug-likeness (QED) is 0.0726. The minimum Gasteiger partial charge on any atom is -0.367 e. The zero-order chi connectivity index (χ0) is 37.2. The van der Waals surface area contributed by atoms with Crippen molar-refractivity contribution in [3.05, 3.63) is 47.4 Å². The van der Waals surface area contributed by atoms with Crippen LogP contribution in [0.15, 0.2) is 61.2 Å². The van der Waals surface area contributed by atoms with Crippen LogP contribution in [0.1, 0.15) is 11.1 Å². The molecule has 0 saturated carbocycles. The Morgan fingerprint density at radius 2 is 1.41 bits per heavy atom. The fourth-order valence-corrected chi connectivity index (χ4v) is 6.91. The second-order valence-corrected chi connectivity index (χ2v) is 16.9. The third kappa shape index (κ3) is 10.2. The van der Waals surface area contributed by atoms with Gasteiger partial charge in [0.15, 0.2) is 15.7 Å². The Morgan fingerprint density at radius 3 is 1.94 bits per heavy atom. The molecule has 0 bridgehead atoms. The first-order valence-electron chi connectivity index (χ1n) is 12.7. The third-order valence-electron chi connectivity index (χ3n) is 6.16. The van der Waals surface area contributed by atoms with E-state index in [-0.39, 0.29) is 41.5 Å². The van der Waals surface area contributed by atoms with E-state index in [9.17, 15) is 61.0 Å². The van der Waals surface area contributed by atoms with Crippen molar-refractivity contribution in [2.75, 3.05) is 36.1 Å². The highest BCUT2D eigenvalue weighted by atomic mass is 32.3. The number of fused-ring (bicyclic) bond motifs is 1. The Kier molecular flexibility index (Phi) is 11.5. The minimum absolute atomic E-state index is 0.000683. The molecule has 0 unspecified atom stereocenters. The average molecular weight is 785 g/mol. The van der Waals surface area contributed by atoms with Gasteiger partial charge in [0.05, 0.1) is 28.5 Å². The molecule has 0 aliphatic heterocycles. The molecule has 0 aliphatic carbocycles. The van der Waals surface area contributed by atoms with E-state index in [1.807, 2.05) is 6.07 Å². The maximum Gasteiger partial charge on any atom is 0.397 e. The number of sulfone groups is 1. The van der Waals surface area contributed by atoms with Crippen LogP contribution in [-0.2, 0) is 54.8 Å². The normalized spacial score (nSPS) is 13.0. The van der Waals surface area contributed by atoms with Gasteiger partial charge >= 0.3 is 10.4 Å². The van der Waals surface area contributed by atoms with E-state index in [1.54, 1.807) is 0 Å². The highest BCUT2D eigenvalue weighted by Crippen LogP contribution is 2.38. The second kappa shape index (κ2) is 14.4. The van der Waals surface area contributed by atoms with Gasteiger partial charge in [0.1, 0.15) is 27.4 Å². The lowest BCUT2D eigenvalue weighted by atomic mass is 10.1. The Balaban J connectivity index is 2.28. The summed E-state index contributed by atoms with van der Waals surface area (Å²) in [7, 11) is -24.3. The van der Waals surface area contributed by atoms with Crippen molar-refractivity contribution >= 4 is 84.4 Å². The predicted molar refractivity (Wildman–Crippen MR) is 170 cm³/mol. The molecule has 2 aromatic carbocycles. The van der Waals surface area contributed by atoms with Crippen molar-refractivity contribution in [1.82, 2.24) is 4.98 Å². The van der Waals surface area contributed by atoms with E-state index < -0.39 is 94.1 Å². The first-order valence-corrected chi connectivity index (χ1v) is 20.1. The summed E-state index contributed by atoms with van der Waals surface area (Å²) in [5, 5.41) is 22.1. The van der Waals surface area contributed by atoms with Gasteiger partial charge in [0.25, 0.3) is 30.4 Å². The summed E-state index contributed by atoms with van der Waals surface area (Å²) < 4.78 is 160. The van der Waals surface area contributed by atoms with Crippen LogP contribution in [0.2, 0.25) is 0 Å². The lowest BCUT2D eigenvalue weighted by Gasteiger charge is -2.15. The number of azo groups is 1. The number of anilines is 2. The molecule has 1 aromatic heterocycles. The number of nitriles is 1. The van der Waals surface area contributed by atoms with Gasteiger partial charge in [-0.3, -0.25) is 18.2 Å². The summed E-state index contributed by atoms with van der Waals surface area (Å²) >= 11 is 0. The molecule has 3 rings (SSSR count). The summed E-state index contributed by atoms with van der Waals surface area (Å²) in [4.78, 5) is 0.690. The number of rotatable bonds is 15. The summed E-state index contributed by atoms with van der Waals surface area (Å²) in [6.07, 6.45) is 0. The zero-order valence-corrected chi connectivity index (χ0v) is 28.6. The highest BCUT2D eigenvalue weighted by Gasteiger charge is 2.26. The Hall–Kier alpha value is -4.17. The monoisotopic (exact) mass is 784 g/mol. The average Bonchev–Trinajstić information content (AvgIpc) is 2.96. The molecule has 0 atom stereocenters. The number of benzene rings is 2. The van der Waals surface area contributed by atoms with Gasteiger partial charge in [-0.25, -0.2) is 17.6 Å². The largest absolute Gasteiger partial charge is 0.397 e. The number of hydrogen-bond acceptors (Lipinski definition) is 17. The summed E-state index contributed by atoms with van der Waals surface area (Å²) in [6.45, 7) is 3.27. The van der Waals surface area contributed by atoms with E-state index >= 15 is 0 Å². The molecule has 26 heteroatoms. The van der Waals surface area contributed by atoms with Gasteiger partial charge in [-0.05, 0) is 31.2 Å². The Bertz CT molecular complexity index is 2480. The molecule has 0 amide bonds. The molecular weight excluding hydrogens is 761 g/mol. The first-order chi connectivity index (χ1) is 22.4. The van der Waals surface area contributed by atoms with Crippen molar-refractivity contribution in [2.24, 2.45) is 10.2 Å². The summed E-state index contributed by atoms with van der Waals surface area (Å²) in [5.74, 6) is -0.950. The zero-order valence-electron chi connectivity index (χ0n) is 24.5. The maximum absolute atomic E-state index is 12.3. The van der Waals surface area contributed by atoms with Crippen LogP contribution >= 0.6 is 0 Å². The Morgan fingerprint density at radius 1 is 0.837 bits per heavy atom. The molecule has 1 heterocycles. The molecule has 3 aromatic rings. The van der Waals surface area contributed by atoms with Gasteiger partial charge < -0.3 is 10.6 Å². The number of pyridine rings is 1. The molecule has 6 N–H and O–H groups in total. The Labute approximate surface area is 279 Å². The topological polar surface area (TPSA) is 346 Å². The van der Waals surface area contributed by atoms with Gasteiger partial charge in [0.2, 0.25) is 0 Å². The first kappa shape index (κ1) is 39.3. The van der Waals surface area contributed by atoms with E-state index in [0.29, 0.717) is 23.6 Å². The molecule has 0 aliphatic rings. The third-order valence-corrected chi connectivity index (χ3v) is 10.5. The lowest BCUT2D eigenvalue weighted by molar-refractivity contribution is 0.278. The van der Waals surface area contributed by atoms with Crippen LogP contribution in [0.5, 0.6) is 0 Å². The van der Waals surface area contributed by atoms with Crippen LogP contribution in [0.25, 0.3) is 10.8 Å². The van der Waals surface area contributed by atoms with Crippen LogP contribution in [0.3, 0.4) is 0 Å². The summed E-state index contributed by atoms with van der Waals surface area (Å²) in [6, 6.07) is 4.12. The molecule has 0 fully saturated rings. The molecule has 266 valence electrons. The van der Waals surface area contributed by atoms with Crippen LogP contribution < -0.4 is 10.6 Å². The lowest BCUT2D eigenvalue weighted by Crippen LogP contribution is -2.17. The van der Waals surface area contributed by atoms with Crippen LogP contribution in [-0.4, -0.2) is 90.7 Å². The van der Waals surface area contributed by atoms with Crippen molar-refractivity contribution in [3.63, 3.8) is 0 Å². The van der Waals surface area contributed by atoms with Crippen molar-refractivity contribution in [2.45, 2.75) is 21.6 Å². The molecule has 0 spiro atoms. The maximum atomic E-state index is 12.3. The van der Waals surface area contributed by atoms with Gasteiger partial charge in [-0.2, -0.15) is 44.0 Å². The minimum atomic E-state index is -5.33. The SMILES string of the molecule is C=CS(=O)(=O)CCNc1nc(NCCOS(=O)(=O)O)c(C#N)c(C)c1N=Nc1cc(S(=O)(=O)O)c2cc(S(=O)(=O)O)cc(S(=O)(=O)O)c2c1. The second-order valence-electron chi connectivity index (χ2n) is 9.49. The van der Waals surface area contributed by atoms with Crippen molar-refractivity contribution in [3.8, 4) is 6.07 Å². The summed E-state index contributed by atoms with van der Waals surface area (Å²) in [5.41, 5.74) is -1.01. The fourth-order valence-electron chi connectivity index (χ4n) is 4.01. The number of aromatic nitrogens is 1. The van der Waals surface area contributed by atoms with E-state index in [1.165, 1.54) is 6.92 Å². The molecule has 49 heavy (non-hydrogen) atoms. The molecule has 21 nitrogen and oxygen atoms in total. The van der Waals surface area contributed by atoms with Gasteiger partial charge in [-0.1, -0.05) is 6.58 Å². The van der Waals surface area contributed by atoms with E-state index in [2.05, 4.69) is 36.6 Å². The smallest absolute Gasteiger partial charge is 0.367 e. The number of nitrogens with zero attached hydrogens (tertiary/aromatic N) is 4. The number of hydrogen-bond donors (Lipinski definition) is 6. The van der Waals surface area contributed by atoms with E-state index in [4.69, 9.17) is 4.55 Å². The molecule has 0 radical (unpaired) electrons. The van der Waals surface area contributed by atoms with E-state index in [0.717, 1.165) is 6.07 Å². The van der Waals surface area contributed by atoms with Gasteiger partial charge in [-0.15, -0.1) is 5.11 Å². The van der Waals surface area contributed by atoms with Crippen LogP contribution in [0, 0.1) is 18.3 Å². The van der Waals surface area contributed by atoms with Crippen molar-refractivity contribution < 1.29 is 64.5 Å². The standard InChI is InChI=1S/C23H24N6O15S5/c1-3-45(30,31)7-5-26-23-21(13(2)18(12-24)22(27-23)25-4-6-44-49(41,42)43)29-28-14-8-16-17(19(9-14)47(35,36)37)10-15(46(32,33)34)11-20(16)48(38,39)40/h3,8-11H,1,4-7H2,2H3,(H2,25,26,27)(H,32,33,34)(H,35,36,37)(H,38,39,40)(H,41,42,43).